The van der Waals surface area contributed by atoms with Crippen LogP contribution in [0.3, 0.4) is 0 Å². The van der Waals surface area contributed by atoms with Crippen molar-refractivity contribution in [2.45, 2.75) is 6.54 Å². The first-order valence-corrected chi connectivity index (χ1v) is 6.63. The molecular weight excluding hydrogens is 266 g/mol. The summed E-state index contributed by atoms with van der Waals surface area (Å²) in [5.74, 6) is 1.47. The number of aromatic nitrogens is 4. The van der Waals surface area contributed by atoms with E-state index in [1.807, 2.05) is 54.6 Å². The predicted molar refractivity (Wildman–Crippen MR) is 79.6 cm³/mol. The number of tetrazole rings is 1. The first-order valence-electron chi connectivity index (χ1n) is 6.63. The van der Waals surface area contributed by atoms with E-state index in [1.54, 1.807) is 4.68 Å². The van der Waals surface area contributed by atoms with Crippen LogP contribution in [-0.2, 0) is 6.54 Å². The predicted octanol–water partition coefficient (Wildman–Crippen LogP) is 2.00. The number of nitrogens with zero attached hydrogens (tertiary/aromatic N) is 4. The molecule has 6 heteroatoms. The number of benzene rings is 2. The Kier molecular flexibility index (Phi) is 3.77. The van der Waals surface area contributed by atoms with Gasteiger partial charge in [0.1, 0.15) is 12.4 Å². The number of ether oxygens (including phenoxy) is 1. The summed E-state index contributed by atoms with van der Waals surface area (Å²) in [6, 6.07) is 17.2. The van der Waals surface area contributed by atoms with E-state index in [-0.39, 0.29) is 0 Å². The fourth-order valence-electron chi connectivity index (χ4n) is 2.02. The molecule has 2 N–H and O–H groups in total. The molecule has 6 nitrogen and oxygen atoms in total. The van der Waals surface area contributed by atoms with Gasteiger partial charge in [-0.3, -0.25) is 0 Å². The zero-order valence-electron chi connectivity index (χ0n) is 11.4. The van der Waals surface area contributed by atoms with Crippen molar-refractivity contribution < 1.29 is 4.74 Å². The molecule has 0 aliphatic carbocycles. The molecule has 0 bridgehead atoms. The Bertz CT molecular complexity index is 711. The second-order valence-corrected chi connectivity index (χ2v) is 4.47. The zero-order chi connectivity index (χ0) is 14.5. The van der Waals surface area contributed by atoms with E-state index in [0.29, 0.717) is 24.7 Å². The van der Waals surface area contributed by atoms with Crippen LogP contribution in [-0.4, -0.2) is 26.8 Å². The zero-order valence-corrected chi connectivity index (χ0v) is 11.4. The minimum absolute atomic E-state index is 0.481. The summed E-state index contributed by atoms with van der Waals surface area (Å²) in [6.07, 6.45) is 0. The van der Waals surface area contributed by atoms with Crippen molar-refractivity contribution in [3.63, 3.8) is 0 Å². The van der Waals surface area contributed by atoms with E-state index in [4.69, 9.17) is 10.5 Å². The van der Waals surface area contributed by atoms with E-state index in [0.717, 1.165) is 11.3 Å². The molecule has 0 saturated heterocycles. The average molecular weight is 281 g/mol. The molecule has 0 spiro atoms. The van der Waals surface area contributed by atoms with Gasteiger partial charge >= 0.3 is 0 Å². The molecule has 1 heterocycles. The standard InChI is InChI=1S/C15H15N5O/c16-14-9-5-4-8-13(14)15-17-18-19-20(15)10-11-21-12-6-2-1-3-7-12/h1-9H,10-11,16H2. The van der Waals surface area contributed by atoms with E-state index in [1.165, 1.54) is 0 Å². The second kappa shape index (κ2) is 6.04. The summed E-state index contributed by atoms with van der Waals surface area (Å²) in [7, 11) is 0. The van der Waals surface area contributed by atoms with Crippen LogP contribution in [0.1, 0.15) is 0 Å². The molecular formula is C15H15N5O. The lowest BCUT2D eigenvalue weighted by Gasteiger charge is -2.08. The van der Waals surface area contributed by atoms with Crippen LogP contribution in [0, 0.1) is 0 Å². The largest absolute Gasteiger partial charge is 0.492 e. The SMILES string of the molecule is Nc1ccccc1-c1nnnn1CCOc1ccccc1. The highest BCUT2D eigenvalue weighted by Crippen LogP contribution is 2.22. The van der Waals surface area contributed by atoms with Crippen LogP contribution in [0.4, 0.5) is 5.69 Å². The van der Waals surface area contributed by atoms with Crippen molar-refractivity contribution in [3.8, 4) is 17.1 Å². The maximum absolute atomic E-state index is 5.96. The van der Waals surface area contributed by atoms with Gasteiger partial charge in [-0.25, -0.2) is 4.68 Å². The molecule has 0 radical (unpaired) electrons. The van der Waals surface area contributed by atoms with Gasteiger partial charge in [0.25, 0.3) is 0 Å². The lowest BCUT2D eigenvalue weighted by atomic mass is 10.2. The summed E-state index contributed by atoms with van der Waals surface area (Å²) < 4.78 is 7.34. The first-order chi connectivity index (χ1) is 10.3. The van der Waals surface area contributed by atoms with Gasteiger partial charge in [0, 0.05) is 11.3 Å². The van der Waals surface area contributed by atoms with Crippen LogP contribution < -0.4 is 10.5 Å². The number of nitrogens with two attached hydrogens (primary N) is 1. The molecule has 1 aromatic heterocycles. The average Bonchev–Trinajstić information content (AvgIpc) is 2.97. The normalized spacial score (nSPS) is 10.5. The van der Waals surface area contributed by atoms with E-state index in [2.05, 4.69) is 15.5 Å². The highest BCUT2D eigenvalue weighted by molar-refractivity contribution is 5.70. The van der Waals surface area contributed by atoms with Crippen LogP contribution in [0.15, 0.2) is 54.6 Å². The number of anilines is 1. The first kappa shape index (κ1) is 13.1. The third-order valence-corrected chi connectivity index (χ3v) is 3.05. The van der Waals surface area contributed by atoms with E-state index in [9.17, 15) is 0 Å². The molecule has 0 aliphatic heterocycles. The number of rotatable bonds is 5. The Labute approximate surface area is 122 Å². The van der Waals surface area contributed by atoms with Crippen LogP contribution in [0.25, 0.3) is 11.4 Å². The Hall–Kier alpha value is -2.89. The quantitative estimate of drug-likeness (QED) is 0.724. The van der Waals surface area contributed by atoms with Crippen LogP contribution in [0.2, 0.25) is 0 Å². The lowest BCUT2D eigenvalue weighted by Crippen LogP contribution is -2.11. The monoisotopic (exact) mass is 281 g/mol. The Morgan fingerprint density at radius 2 is 1.76 bits per heavy atom. The van der Waals surface area contributed by atoms with Crippen molar-refractivity contribution in [1.82, 2.24) is 20.2 Å². The summed E-state index contributed by atoms with van der Waals surface area (Å²) in [5.41, 5.74) is 7.43. The highest BCUT2D eigenvalue weighted by atomic mass is 16.5. The Morgan fingerprint density at radius 1 is 1.00 bits per heavy atom. The molecule has 0 fully saturated rings. The number of nitrogen functional groups attached to an aromatic ring is 1. The molecule has 2 aromatic carbocycles. The number of hydrogen-bond donors (Lipinski definition) is 1. The van der Waals surface area contributed by atoms with Gasteiger partial charge in [0.05, 0.1) is 6.54 Å². The van der Waals surface area contributed by atoms with Crippen molar-refractivity contribution in [3.05, 3.63) is 54.6 Å². The van der Waals surface area contributed by atoms with Gasteiger partial charge in [-0.15, -0.1) is 5.10 Å². The van der Waals surface area contributed by atoms with Crippen LogP contribution >= 0.6 is 0 Å². The maximum Gasteiger partial charge on any atom is 0.184 e. The molecule has 0 unspecified atom stereocenters. The molecule has 0 amide bonds. The molecule has 3 rings (SSSR count). The summed E-state index contributed by atoms with van der Waals surface area (Å²) in [6.45, 7) is 1.03. The fraction of sp³-hybridized carbons (Fsp3) is 0.133. The molecule has 0 aliphatic rings. The van der Waals surface area contributed by atoms with Crippen molar-refractivity contribution in [2.75, 3.05) is 12.3 Å². The fourth-order valence-corrected chi connectivity index (χ4v) is 2.02. The van der Waals surface area contributed by atoms with Crippen molar-refractivity contribution >= 4 is 5.69 Å². The summed E-state index contributed by atoms with van der Waals surface area (Å²) in [4.78, 5) is 0. The van der Waals surface area contributed by atoms with Gasteiger partial charge in [-0.2, -0.15) is 0 Å². The summed E-state index contributed by atoms with van der Waals surface area (Å²) in [5, 5.41) is 11.7. The highest BCUT2D eigenvalue weighted by Gasteiger charge is 2.11. The minimum atomic E-state index is 0.481. The minimum Gasteiger partial charge on any atom is -0.492 e. The molecule has 21 heavy (non-hydrogen) atoms. The van der Waals surface area contributed by atoms with Gasteiger partial charge in [-0.1, -0.05) is 30.3 Å². The third-order valence-electron chi connectivity index (χ3n) is 3.05. The molecule has 0 saturated carbocycles. The van der Waals surface area contributed by atoms with Crippen LogP contribution in [0.5, 0.6) is 5.75 Å². The number of para-hydroxylation sites is 2. The topological polar surface area (TPSA) is 78.9 Å². The second-order valence-electron chi connectivity index (χ2n) is 4.47. The van der Waals surface area contributed by atoms with Gasteiger partial charge in [0.2, 0.25) is 0 Å². The van der Waals surface area contributed by atoms with Gasteiger partial charge in [0.15, 0.2) is 5.82 Å². The van der Waals surface area contributed by atoms with E-state index >= 15 is 0 Å². The van der Waals surface area contributed by atoms with Crippen molar-refractivity contribution in [2.24, 2.45) is 0 Å². The maximum atomic E-state index is 5.96. The molecule has 0 atom stereocenters. The van der Waals surface area contributed by atoms with Gasteiger partial charge in [-0.05, 0) is 34.7 Å². The Balaban J connectivity index is 1.70. The van der Waals surface area contributed by atoms with E-state index < -0.39 is 0 Å². The van der Waals surface area contributed by atoms with Gasteiger partial charge < -0.3 is 10.5 Å². The Morgan fingerprint density at radius 3 is 2.57 bits per heavy atom. The number of hydrogen-bond acceptors (Lipinski definition) is 5. The molecule has 3 aromatic rings. The molecule has 106 valence electrons. The summed E-state index contributed by atoms with van der Waals surface area (Å²) >= 11 is 0. The smallest absolute Gasteiger partial charge is 0.184 e. The third kappa shape index (κ3) is 3.00. The lowest BCUT2D eigenvalue weighted by molar-refractivity contribution is 0.290. The van der Waals surface area contributed by atoms with Crippen molar-refractivity contribution in [1.29, 1.82) is 0 Å².